The van der Waals surface area contributed by atoms with E-state index in [9.17, 15) is 9.59 Å². The van der Waals surface area contributed by atoms with Crippen molar-refractivity contribution in [2.45, 2.75) is 6.42 Å². The molecule has 0 saturated carbocycles. The Balaban J connectivity index is 1.44. The Morgan fingerprint density at radius 1 is 0.808 bits per heavy atom. The lowest BCUT2D eigenvalue weighted by Gasteiger charge is -2.09. The van der Waals surface area contributed by atoms with E-state index in [0.717, 1.165) is 6.42 Å². The second kappa shape index (κ2) is 8.53. The Bertz CT molecular complexity index is 844. The van der Waals surface area contributed by atoms with E-state index < -0.39 is 0 Å². The fourth-order valence-electron chi connectivity index (χ4n) is 2.38. The first-order valence-electron chi connectivity index (χ1n) is 8.24. The molecule has 132 valence electrons. The minimum absolute atomic E-state index is 0.241. The zero-order valence-electron chi connectivity index (χ0n) is 14.1. The summed E-state index contributed by atoms with van der Waals surface area (Å²) in [6.45, 7) is 0.549. The Morgan fingerprint density at radius 2 is 1.50 bits per heavy atom. The van der Waals surface area contributed by atoms with Gasteiger partial charge in [0.05, 0.1) is 6.26 Å². The Labute approximate surface area is 151 Å². The highest BCUT2D eigenvalue weighted by Crippen LogP contribution is 2.14. The minimum atomic E-state index is -0.325. The second-order valence-electron chi connectivity index (χ2n) is 5.63. The van der Waals surface area contributed by atoms with Crippen LogP contribution in [-0.4, -0.2) is 18.5 Å². The van der Waals surface area contributed by atoms with E-state index >= 15 is 0 Å². The van der Waals surface area contributed by atoms with Crippen LogP contribution in [0.2, 0.25) is 0 Å². The fourth-order valence-corrected chi connectivity index (χ4v) is 2.38. The summed E-state index contributed by atoms with van der Waals surface area (Å²) < 4.78 is 5.04. The molecule has 26 heavy (non-hydrogen) atoms. The first-order chi connectivity index (χ1) is 12.7. The number of hydrogen-bond donors (Lipinski definition) is 3. The molecule has 3 rings (SSSR count). The lowest BCUT2D eigenvalue weighted by molar-refractivity contribution is 0.0996. The van der Waals surface area contributed by atoms with Crippen molar-refractivity contribution in [2.24, 2.45) is 0 Å². The number of nitrogens with one attached hydrogen (secondary N) is 3. The number of furan rings is 1. The molecule has 0 saturated heterocycles. The van der Waals surface area contributed by atoms with Crippen molar-refractivity contribution in [2.75, 3.05) is 17.2 Å². The maximum absolute atomic E-state index is 11.9. The predicted octanol–water partition coefficient (Wildman–Crippen LogP) is 3.90. The maximum Gasteiger partial charge on any atom is 0.319 e. The van der Waals surface area contributed by atoms with Gasteiger partial charge in [0.2, 0.25) is 0 Å². The molecule has 1 aromatic heterocycles. The third-order valence-electron chi connectivity index (χ3n) is 3.69. The van der Waals surface area contributed by atoms with Crippen LogP contribution in [0, 0.1) is 0 Å². The number of anilines is 2. The number of carbonyl (C=O) groups excluding carboxylic acids is 2. The van der Waals surface area contributed by atoms with Crippen LogP contribution in [0.1, 0.15) is 16.1 Å². The Kier molecular flexibility index (Phi) is 5.67. The molecule has 0 aliphatic heterocycles. The molecular weight excluding hydrogens is 330 g/mol. The highest BCUT2D eigenvalue weighted by atomic mass is 16.3. The van der Waals surface area contributed by atoms with Gasteiger partial charge in [-0.25, -0.2) is 4.79 Å². The van der Waals surface area contributed by atoms with E-state index in [1.807, 2.05) is 30.3 Å². The third kappa shape index (κ3) is 4.98. The average molecular weight is 349 g/mol. The number of urea groups is 1. The Hall–Kier alpha value is -3.54. The van der Waals surface area contributed by atoms with Gasteiger partial charge in [0.25, 0.3) is 5.91 Å². The van der Waals surface area contributed by atoms with Crippen molar-refractivity contribution in [3.05, 3.63) is 84.3 Å². The Morgan fingerprint density at radius 3 is 2.15 bits per heavy atom. The number of benzene rings is 2. The summed E-state index contributed by atoms with van der Waals surface area (Å²) in [5, 5.41) is 8.28. The SMILES string of the molecule is O=C(NCCc1ccccc1)Nc1ccc(NC(=O)c2ccco2)cc1. The van der Waals surface area contributed by atoms with Crippen LogP contribution >= 0.6 is 0 Å². The minimum Gasteiger partial charge on any atom is -0.459 e. The molecule has 0 unspecified atom stereocenters. The molecule has 0 aliphatic carbocycles. The molecule has 3 amide bonds. The molecule has 3 N–H and O–H groups in total. The summed E-state index contributed by atoms with van der Waals surface area (Å²) in [5.41, 5.74) is 2.42. The molecule has 6 heteroatoms. The number of rotatable bonds is 6. The standard InChI is InChI=1S/C20H19N3O3/c24-19(18-7-4-14-26-18)22-16-8-10-17(11-9-16)23-20(25)21-13-12-15-5-2-1-3-6-15/h1-11,14H,12-13H2,(H,22,24)(H2,21,23,25). The molecule has 0 fully saturated rings. The van der Waals surface area contributed by atoms with E-state index in [2.05, 4.69) is 16.0 Å². The first-order valence-corrected chi connectivity index (χ1v) is 8.24. The second-order valence-corrected chi connectivity index (χ2v) is 5.63. The molecule has 0 spiro atoms. The smallest absolute Gasteiger partial charge is 0.319 e. The number of carbonyl (C=O) groups is 2. The fraction of sp³-hybridized carbons (Fsp3) is 0.100. The quantitative estimate of drug-likeness (QED) is 0.631. The number of amides is 3. The monoisotopic (exact) mass is 349 g/mol. The molecular formula is C20H19N3O3. The van der Waals surface area contributed by atoms with Gasteiger partial charge < -0.3 is 20.4 Å². The molecule has 0 radical (unpaired) electrons. The van der Waals surface area contributed by atoms with Crippen molar-refractivity contribution >= 4 is 23.3 Å². The first kappa shape index (κ1) is 17.3. The lowest BCUT2D eigenvalue weighted by Crippen LogP contribution is -2.30. The van der Waals surface area contributed by atoms with Crippen molar-refractivity contribution in [1.82, 2.24) is 5.32 Å². The maximum atomic E-state index is 11.9. The van der Waals surface area contributed by atoms with Gasteiger partial charge in [0.1, 0.15) is 0 Å². The normalized spacial score (nSPS) is 10.2. The molecule has 0 bridgehead atoms. The van der Waals surface area contributed by atoms with Gasteiger partial charge in [-0.3, -0.25) is 4.79 Å². The predicted molar refractivity (Wildman–Crippen MR) is 100 cm³/mol. The van der Waals surface area contributed by atoms with Crippen LogP contribution in [0.25, 0.3) is 0 Å². The summed E-state index contributed by atoms with van der Waals surface area (Å²) in [7, 11) is 0. The van der Waals surface area contributed by atoms with Crippen LogP contribution < -0.4 is 16.0 Å². The zero-order valence-corrected chi connectivity index (χ0v) is 14.1. The van der Waals surface area contributed by atoms with Crippen LogP contribution in [0.3, 0.4) is 0 Å². The average Bonchev–Trinajstić information content (AvgIpc) is 3.19. The summed E-state index contributed by atoms with van der Waals surface area (Å²) in [4.78, 5) is 23.8. The molecule has 6 nitrogen and oxygen atoms in total. The summed E-state index contributed by atoms with van der Waals surface area (Å²) >= 11 is 0. The van der Waals surface area contributed by atoms with E-state index in [1.165, 1.54) is 11.8 Å². The molecule has 0 aliphatic rings. The topological polar surface area (TPSA) is 83.4 Å². The van der Waals surface area contributed by atoms with E-state index in [0.29, 0.717) is 17.9 Å². The van der Waals surface area contributed by atoms with Gasteiger partial charge in [-0.05, 0) is 48.4 Å². The summed E-state index contributed by atoms with van der Waals surface area (Å²) in [6, 6.07) is 19.8. The summed E-state index contributed by atoms with van der Waals surface area (Å²) in [5.74, 6) is -0.0839. The van der Waals surface area contributed by atoms with Gasteiger partial charge in [-0.2, -0.15) is 0 Å². The largest absolute Gasteiger partial charge is 0.459 e. The molecule has 0 atom stereocenters. The van der Waals surface area contributed by atoms with Crippen molar-refractivity contribution < 1.29 is 14.0 Å². The molecule has 1 heterocycles. The van der Waals surface area contributed by atoms with Gasteiger partial charge in [-0.1, -0.05) is 30.3 Å². The van der Waals surface area contributed by atoms with Crippen molar-refractivity contribution in [3.8, 4) is 0 Å². The van der Waals surface area contributed by atoms with E-state index in [1.54, 1.807) is 36.4 Å². The van der Waals surface area contributed by atoms with Crippen LogP contribution in [-0.2, 0) is 6.42 Å². The van der Waals surface area contributed by atoms with E-state index in [-0.39, 0.29) is 17.7 Å². The summed E-state index contributed by atoms with van der Waals surface area (Å²) in [6.07, 6.45) is 2.21. The highest BCUT2D eigenvalue weighted by Gasteiger charge is 2.08. The number of hydrogen-bond acceptors (Lipinski definition) is 3. The highest BCUT2D eigenvalue weighted by molar-refractivity contribution is 6.02. The lowest BCUT2D eigenvalue weighted by atomic mass is 10.1. The van der Waals surface area contributed by atoms with E-state index in [4.69, 9.17) is 4.42 Å². The van der Waals surface area contributed by atoms with Crippen LogP contribution in [0.5, 0.6) is 0 Å². The third-order valence-corrected chi connectivity index (χ3v) is 3.69. The van der Waals surface area contributed by atoms with Gasteiger partial charge in [0.15, 0.2) is 5.76 Å². The van der Waals surface area contributed by atoms with Gasteiger partial charge in [-0.15, -0.1) is 0 Å². The van der Waals surface area contributed by atoms with Gasteiger partial charge >= 0.3 is 6.03 Å². The van der Waals surface area contributed by atoms with Crippen molar-refractivity contribution in [3.63, 3.8) is 0 Å². The molecule has 3 aromatic rings. The van der Waals surface area contributed by atoms with Crippen LogP contribution in [0.4, 0.5) is 16.2 Å². The van der Waals surface area contributed by atoms with Gasteiger partial charge in [0, 0.05) is 17.9 Å². The van der Waals surface area contributed by atoms with Crippen LogP contribution in [0.15, 0.2) is 77.4 Å². The zero-order chi connectivity index (χ0) is 18.2. The van der Waals surface area contributed by atoms with Crippen molar-refractivity contribution in [1.29, 1.82) is 0 Å². The molecule has 2 aromatic carbocycles.